The number of nitrogens with two attached hydrogens (primary N) is 1. The Labute approximate surface area is 117 Å². The van der Waals surface area contributed by atoms with Gasteiger partial charge in [-0.1, -0.05) is 6.07 Å². The summed E-state index contributed by atoms with van der Waals surface area (Å²) in [6.07, 6.45) is 1.53. The smallest absolute Gasteiger partial charge is 0.360 e. The van der Waals surface area contributed by atoms with E-state index in [0.29, 0.717) is 11.0 Å². The van der Waals surface area contributed by atoms with Gasteiger partial charge in [0.1, 0.15) is 5.82 Å². The predicted molar refractivity (Wildman–Crippen MR) is 71.2 cm³/mol. The molecule has 19 heavy (non-hydrogen) atoms. The molecule has 2 N–H and O–H groups in total. The number of anilines is 1. The Morgan fingerprint density at radius 2 is 2.32 bits per heavy atom. The second-order valence-corrected chi connectivity index (χ2v) is 4.73. The largest absolute Gasteiger partial charge is 0.464 e. The number of carbonyl (C=O) groups excluding carboxylic acids is 1. The molecule has 0 amide bonds. The van der Waals surface area contributed by atoms with Gasteiger partial charge in [-0.15, -0.1) is 0 Å². The van der Waals surface area contributed by atoms with E-state index in [-0.39, 0.29) is 17.2 Å². The molecule has 5 nitrogen and oxygen atoms in total. The van der Waals surface area contributed by atoms with Crippen molar-refractivity contribution in [2.24, 2.45) is 0 Å². The lowest BCUT2D eigenvalue weighted by Crippen LogP contribution is -2.07. The molecule has 0 aliphatic rings. The molecule has 0 spiro atoms. The molecule has 0 unspecified atom stereocenters. The van der Waals surface area contributed by atoms with Crippen molar-refractivity contribution in [3.8, 4) is 0 Å². The molecule has 2 rings (SSSR count). The van der Waals surface area contributed by atoms with Gasteiger partial charge in [0, 0.05) is 6.20 Å². The van der Waals surface area contributed by atoms with E-state index in [1.54, 1.807) is 12.1 Å². The van der Waals surface area contributed by atoms with Gasteiger partial charge in [0.05, 0.1) is 23.8 Å². The molecule has 2 aromatic rings. The first-order chi connectivity index (χ1) is 9.01. The molecule has 1 aromatic carbocycles. The Morgan fingerprint density at radius 1 is 1.58 bits per heavy atom. The maximum Gasteiger partial charge on any atom is 0.360 e. The third-order valence-corrected chi connectivity index (χ3v) is 3.11. The fourth-order valence-electron chi connectivity index (χ4n) is 1.60. The molecule has 0 bridgehead atoms. The van der Waals surface area contributed by atoms with E-state index in [9.17, 15) is 9.18 Å². The molecule has 1 aromatic heterocycles. The third-order valence-electron chi connectivity index (χ3n) is 2.50. The number of halogens is 2. The van der Waals surface area contributed by atoms with E-state index in [2.05, 4.69) is 25.8 Å². The number of benzene rings is 1. The molecular weight excluding hydrogens is 317 g/mol. The van der Waals surface area contributed by atoms with Crippen molar-refractivity contribution in [3.63, 3.8) is 0 Å². The number of methoxy groups -OCH3 is 1. The van der Waals surface area contributed by atoms with Gasteiger partial charge in [-0.2, -0.15) is 5.10 Å². The summed E-state index contributed by atoms with van der Waals surface area (Å²) in [5, 5.41) is 4.04. The first-order valence-corrected chi connectivity index (χ1v) is 6.15. The Bertz CT molecular complexity index is 627. The van der Waals surface area contributed by atoms with Crippen LogP contribution in [0.3, 0.4) is 0 Å². The van der Waals surface area contributed by atoms with E-state index in [1.807, 2.05) is 0 Å². The molecule has 0 aliphatic carbocycles. The average molecular weight is 328 g/mol. The van der Waals surface area contributed by atoms with E-state index >= 15 is 0 Å². The summed E-state index contributed by atoms with van der Waals surface area (Å²) in [5.74, 6) is -0.921. The molecule has 0 fully saturated rings. The zero-order chi connectivity index (χ0) is 14.0. The fourth-order valence-corrected chi connectivity index (χ4v) is 2.02. The van der Waals surface area contributed by atoms with Crippen LogP contribution >= 0.6 is 15.9 Å². The fraction of sp³-hybridized carbons (Fsp3) is 0.167. The van der Waals surface area contributed by atoms with Crippen LogP contribution in [0, 0.1) is 5.82 Å². The molecule has 0 saturated heterocycles. The summed E-state index contributed by atoms with van der Waals surface area (Å²) in [5.41, 5.74) is 6.81. The first-order valence-electron chi connectivity index (χ1n) is 5.36. The number of hydrogen-bond donors (Lipinski definition) is 1. The van der Waals surface area contributed by atoms with E-state index < -0.39 is 5.97 Å². The van der Waals surface area contributed by atoms with E-state index in [1.165, 1.54) is 24.1 Å². The normalized spacial score (nSPS) is 10.5. The lowest BCUT2D eigenvalue weighted by atomic mass is 10.2. The minimum atomic E-state index is -0.587. The van der Waals surface area contributed by atoms with Crippen LogP contribution in [0.5, 0.6) is 0 Å². The second-order valence-electron chi connectivity index (χ2n) is 3.87. The van der Waals surface area contributed by atoms with Gasteiger partial charge in [0.2, 0.25) is 0 Å². The van der Waals surface area contributed by atoms with Crippen LogP contribution in [0.4, 0.5) is 10.1 Å². The van der Waals surface area contributed by atoms with Crippen molar-refractivity contribution in [2.45, 2.75) is 6.54 Å². The summed E-state index contributed by atoms with van der Waals surface area (Å²) in [7, 11) is 1.26. The highest BCUT2D eigenvalue weighted by atomic mass is 79.9. The zero-order valence-corrected chi connectivity index (χ0v) is 11.6. The number of aromatic nitrogens is 2. The van der Waals surface area contributed by atoms with E-state index in [0.717, 1.165) is 5.56 Å². The lowest BCUT2D eigenvalue weighted by Gasteiger charge is -2.03. The number of carbonyl (C=O) groups is 1. The highest BCUT2D eigenvalue weighted by Crippen LogP contribution is 2.18. The van der Waals surface area contributed by atoms with Crippen molar-refractivity contribution >= 4 is 27.6 Å². The molecule has 0 radical (unpaired) electrons. The summed E-state index contributed by atoms with van der Waals surface area (Å²) < 4.78 is 19.5. The standard InChI is InChI=1S/C12H11BrFN3O2/c1-19-12(18)11-10(15)6-17(16-11)5-7-2-3-9(14)8(13)4-7/h2-4,6H,5,15H2,1H3. The summed E-state index contributed by atoms with van der Waals surface area (Å²) in [4.78, 5) is 11.4. The summed E-state index contributed by atoms with van der Waals surface area (Å²) in [6, 6.07) is 4.63. The second kappa shape index (κ2) is 5.40. The highest BCUT2D eigenvalue weighted by Gasteiger charge is 2.15. The van der Waals surface area contributed by atoms with Gasteiger partial charge in [-0.25, -0.2) is 9.18 Å². The third kappa shape index (κ3) is 2.93. The number of nitrogens with zero attached hydrogens (tertiary/aromatic N) is 2. The van der Waals surface area contributed by atoms with Crippen LogP contribution in [0.15, 0.2) is 28.9 Å². The number of rotatable bonds is 3. The molecular formula is C12H11BrFN3O2. The maximum atomic E-state index is 13.1. The lowest BCUT2D eigenvalue weighted by molar-refractivity contribution is 0.0594. The van der Waals surface area contributed by atoms with Gasteiger partial charge in [-0.3, -0.25) is 4.68 Å². The van der Waals surface area contributed by atoms with Crippen LogP contribution in [0.2, 0.25) is 0 Å². The predicted octanol–water partition coefficient (Wildman–Crippen LogP) is 2.20. The van der Waals surface area contributed by atoms with Crippen molar-refractivity contribution in [1.29, 1.82) is 0 Å². The average Bonchev–Trinajstić information content (AvgIpc) is 2.74. The monoisotopic (exact) mass is 327 g/mol. The van der Waals surface area contributed by atoms with Crippen molar-refractivity contribution in [2.75, 3.05) is 12.8 Å². The Balaban J connectivity index is 2.24. The topological polar surface area (TPSA) is 70.1 Å². The number of hydrogen-bond acceptors (Lipinski definition) is 4. The molecule has 1 heterocycles. The highest BCUT2D eigenvalue weighted by molar-refractivity contribution is 9.10. The number of nitrogen functional groups attached to an aromatic ring is 1. The van der Waals surface area contributed by atoms with Gasteiger partial charge in [-0.05, 0) is 33.6 Å². The van der Waals surface area contributed by atoms with Gasteiger partial charge >= 0.3 is 5.97 Å². The summed E-state index contributed by atoms with van der Waals surface area (Å²) >= 11 is 3.11. The Hall–Kier alpha value is -1.89. The maximum absolute atomic E-state index is 13.1. The minimum Gasteiger partial charge on any atom is -0.464 e. The van der Waals surface area contributed by atoms with E-state index in [4.69, 9.17) is 5.73 Å². The van der Waals surface area contributed by atoms with Crippen LogP contribution in [0.25, 0.3) is 0 Å². The molecule has 7 heteroatoms. The first kappa shape index (κ1) is 13.5. The quantitative estimate of drug-likeness (QED) is 0.877. The number of esters is 1. The molecule has 100 valence electrons. The van der Waals surface area contributed by atoms with Crippen LogP contribution < -0.4 is 5.73 Å². The Kier molecular flexibility index (Phi) is 3.84. The van der Waals surface area contributed by atoms with Gasteiger partial charge < -0.3 is 10.5 Å². The molecule has 0 aliphatic heterocycles. The summed E-state index contributed by atoms with van der Waals surface area (Å²) in [6.45, 7) is 0.375. The van der Waals surface area contributed by atoms with Crippen molar-refractivity contribution in [3.05, 3.63) is 45.9 Å². The van der Waals surface area contributed by atoms with Crippen molar-refractivity contribution in [1.82, 2.24) is 9.78 Å². The molecule has 0 atom stereocenters. The minimum absolute atomic E-state index is 0.0728. The van der Waals surface area contributed by atoms with Crippen molar-refractivity contribution < 1.29 is 13.9 Å². The van der Waals surface area contributed by atoms with Crippen LogP contribution in [-0.4, -0.2) is 22.9 Å². The number of ether oxygens (including phenoxy) is 1. The van der Waals surface area contributed by atoms with Crippen LogP contribution in [-0.2, 0) is 11.3 Å². The molecule has 0 saturated carbocycles. The SMILES string of the molecule is COC(=O)c1nn(Cc2ccc(F)c(Br)c2)cc1N. The van der Waals surface area contributed by atoms with Gasteiger partial charge in [0.25, 0.3) is 0 Å². The van der Waals surface area contributed by atoms with Gasteiger partial charge in [0.15, 0.2) is 5.69 Å². The van der Waals surface area contributed by atoms with Crippen LogP contribution in [0.1, 0.15) is 16.1 Å². The Morgan fingerprint density at radius 3 is 2.95 bits per heavy atom. The zero-order valence-electron chi connectivity index (χ0n) is 10.1.